The van der Waals surface area contributed by atoms with Crippen LogP contribution in [-0.4, -0.2) is 60.4 Å². The molecule has 3 N–H and O–H groups in total. The Morgan fingerprint density at radius 2 is 1.88 bits per heavy atom. The first kappa shape index (κ1) is 23.9. The van der Waals surface area contributed by atoms with E-state index in [0.717, 1.165) is 25.9 Å². The fourth-order valence-corrected chi connectivity index (χ4v) is 2.71. The van der Waals surface area contributed by atoms with E-state index in [-0.39, 0.29) is 24.0 Å². The summed E-state index contributed by atoms with van der Waals surface area (Å²) < 4.78 is 24.4. The Hall–Kier alpha value is -1.07. The second kappa shape index (κ2) is 12.3. The van der Waals surface area contributed by atoms with Crippen LogP contribution in [0.15, 0.2) is 29.3 Å². The molecule has 9 heteroatoms. The molecule has 0 bridgehead atoms. The summed E-state index contributed by atoms with van der Waals surface area (Å²) in [7, 11) is -1.46. The average molecular weight is 483 g/mol. The van der Waals surface area contributed by atoms with Gasteiger partial charge in [0.1, 0.15) is 0 Å². The molecule has 0 amide bonds. The normalized spacial score (nSPS) is 11.6. The molecule has 1 rings (SSSR count). The van der Waals surface area contributed by atoms with Crippen LogP contribution < -0.4 is 20.3 Å². The number of benzene rings is 1. The molecule has 1 aromatic rings. The highest BCUT2D eigenvalue weighted by Gasteiger charge is 2.05. The molecule has 144 valence electrons. The topological polar surface area (TPSA) is 85.8 Å². The molecule has 0 aliphatic heterocycles. The second-order valence-corrected chi connectivity index (χ2v) is 7.34. The summed E-state index contributed by atoms with van der Waals surface area (Å²) in [6, 6.07) is 8.44. The second-order valence-electron chi connectivity index (χ2n) is 5.51. The summed E-state index contributed by atoms with van der Waals surface area (Å²) in [5, 5.41) is 6.31. The van der Waals surface area contributed by atoms with Crippen molar-refractivity contribution in [2.45, 2.75) is 13.8 Å². The lowest BCUT2D eigenvalue weighted by atomic mass is 10.2. The lowest BCUT2D eigenvalue weighted by Crippen LogP contribution is -2.44. The quantitative estimate of drug-likeness (QED) is 0.213. The zero-order valence-electron chi connectivity index (χ0n) is 15.4. The van der Waals surface area contributed by atoms with Gasteiger partial charge in [-0.2, -0.15) is 0 Å². The monoisotopic (exact) mass is 483 g/mol. The van der Waals surface area contributed by atoms with Gasteiger partial charge in [-0.05, 0) is 31.5 Å². The largest absolute Gasteiger partial charge is 0.370 e. The van der Waals surface area contributed by atoms with Crippen molar-refractivity contribution >= 4 is 45.6 Å². The van der Waals surface area contributed by atoms with Gasteiger partial charge >= 0.3 is 0 Å². The Morgan fingerprint density at radius 1 is 1.20 bits per heavy atom. The van der Waals surface area contributed by atoms with E-state index in [1.807, 2.05) is 0 Å². The maximum absolute atomic E-state index is 11.0. The van der Waals surface area contributed by atoms with Gasteiger partial charge in [-0.3, -0.25) is 4.99 Å². The maximum Gasteiger partial charge on any atom is 0.208 e. The molecular formula is C16H30IN5O2S. The van der Waals surface area contributed by atoms with Gasteiger partial charge in [0.15, 0.2) is 5.96 Å². The van der Waals surface area contributed by atoms with E-state index in [1.165, 1.54) is 11.3 Å². The number of hydrogen-bond acceptors (Lipinski definition) is 4. The number of aryl methyl sites for hydroxylation is 1. The van der Waals surface area contributed by atoms with Crippen molar-refractivity contribution in [1.29, 1.82) is 0 Å². The van der Waals surface area contributed by atoms with Gasteiger partial charge in [0, 0.05) is 45.5 Å². The molecule has 25 heavy (non-hydrogen) atoms. The van der Waals surface area contributed by atoms with Gasteiger partial charge < -0.3 is 15.5 Å². The lowest BCUT2D eigenvalue weighted by Gasteiger charge is -2.24. The van der Waals surface area contributed by atoms with Gasteiger partial charge in [0.05, 0.1) is 6.26 Å². The number of nitrogens with one attached hydrogen (secondary N) is 3. The van der Waals surface area contributed by atoms with Crippen molar-refractivity contribution in [3.05, 3.63) is 29.8 Å². The number of nitrogens with zero attached hydrogens (tertiary/aromatic N) is 2. The summed E-state index contributed by atoms with van der Waals surface area (Å²) in [4.78, 5) is 6.42. The number of halogens is 1. The van der Waals surface area contributed by atoms with Crippen LogP contribution >= 0.6 is 24.0 Å². The highest BCUT2D eigenvalue weighted by atomic mass is 127. The van der Waals surface area contributed by atoms with Gasteiger partial charge in [-0.15, -0.1) is 24.0 Å². The fraction of sp³-hybridized carbons (Fsp3) is 0.562. The lowest BCUT2D eigenvalue weighted by molar-refractivity contribution is 0.586. The average Bonchev–Trinajstić information content (AvgIpc) is 2.52. The van der Waals surface area contributed by atoms with E-state index in [2.05, 4.69) is 63.4 Å². The van der Waals surface area contributed by atoms with Gasteiger partial charge in [0.2, 0.25) is 10.0 Å². The van der Waals surface area contributed by atoms with E-state index in [4.69, 9.17) is 0 Å². The van der Waals surface area contributed by atoms with Crippen molar-refractivity contribution in [3.8, 4) is 0 Å². The molecule has 0 spiro atoms. The smallest absolute Gasteiger partial charge is 0.208 e. The van der Waals surface area contributed by atoms with Crippen LogP contribution in [0.1, 0.15) is 12.5 Å². The Labute approximate surface area is 168 Å². The first-order valence-electron chi connectivity index (χ1n) is 8.06. The minimum absolute atomic E-state index is 0. The van der Waals surface area contributed by atoms with Gasteiger partial charge in [0.25, 0.3) is 0 Å². The third kappa shape index (κ3) is 10.5. The first-order valence-corrected chi connectivity index (χ1v) is 9.95. The predicted molar refractivity (Wildman–Crippen MR) is 117 cm³/mol. The van der Waals surface area contributed by atoms with Crippen LogP contribution in [0.2, 0.25) is 0 Å². The molecule has 0 aliphatic carbocycles. The Balaban J connectivity index is 0.00000576. The highest BCUT2D eigenvalue weighted by Crippen LogP contribution is 2.14. The molecule has 0 aromatic heterocycles. The predicted octanol–water partition coefficient (Wildman–Crippen LogP) is 1.15. The molecule has 0 unspecified atom stereocenters. The molecule has 0 radical (unpaired) electrons. The van der Waals surface area contributed by atoms with Crippen LogP contribution in [0, 0.1) is 6.92 Å². The minimum Gasteiger partial charge on any atom is -0.370 e. The first-order chi connectivity index (χ1) is 11.4. The van der Waals surface area contributed by atoms with E-state index < -0.39 is 10.0 Å². The Bertz CT molecular complexity index is 637. The third-order valence-electron chi connectivity index (χ3n) is 3.43. The van der Waals surface area contributed by atoms with Crippen molar-refractivity contribution in [1.82, 2.24) is 15.4 Å². The zero-order chi connectivity index (χ0) is 18.0. The summed E-state index contributed by atoms with van der Waals surface area (Å²) in [6.07, 6.45) is 1.14. The molecule has 0 atom stereocenters. The number of sulfonamides is 1. The molecule has 0 saturated carbocycles. The number of guanidine groups is 1. The molecule has 0 aliphatic rings. The van der Waals surface area contributed by atoms with Crippen LogP contribution in [-0.2, 0) is 10.0 Å². The molecule has 0 fully saturated rings. The fourth-order valence-electron chi connectivity index (χ4n) is 2.24. The number of likely N-dealkylation sites (N-methyl/N-ethyl adjacent to an activating group) is 1. The van der Waals surface area contributed by atoms with Crippen molar-refractivity contribution in [2.75, 3.05) is 50.9 Å². The van der Waals surface area contributed by atoms with Crippen LogP contribution in [0.25, 0.3) is 0 Å². The number of aliphatic imine (C=N–C) groups is 1. The van der Waals surface area contributed by atoms with Crippen LogP contribution in [0.4, 0.5) is 5.69 Å². The van der Waals surface area contributed by atoms with Crippen molar-refractivity contribution in [2.24, 2.45) is 4.99 Å². The molecule has 7 nitrogen and oxygen atoms in total. The zero-order valence-corrected chi connectivity index (χ0v) is 18.5. The molecule has 1 aromatic carbocycles. The van der Waals surface area contributed by atoms with Crippen molar-refractivity contribution in [3.63, 3.8) is 0 Å². The van der Waals surface area contributed by atoms with Crippen LogP contribution in [0.3, 0.4) is 0 Å². The molecular weight excluding hydrogens is 453 g/mol. The summed E-state index contributed by atoms with van der Waals surface area (Å²) in [5.74, 6) is 0.658. The number of rotatable bonds is 9. The SMILES string of the molecule is CCN(CCNC(=NC)NCCNS(C)(=O)=O)c1cccc(C)c1.I. The highest BCUT2D eigenvalue weighted by molar-refractivity contribution is 14.0. The van der Waals surface area contributed by atoms with E-state index in [0.29, 0.717) is 19.0 Å². The molecule has 0 heterocycles. The van der Waals surface area contributed by atoms with E-state index in [9.17, 15) is 8.42 Å². The summed E-state index contributed by atoms with van der Waals surface area (Å²) in [6.45, 7) is 7.53. The Kier molecular flexibility index (Phi) is 11.8. The van der Waals surface area contributed by atoms with Gasteiger partial charge in [-0.1, -0.05) is 12.1 Å². The van der Waals surface area contributed by atoms with E-state index >= 15 is 0 Å². The van der Waals surface area contributed by atoms with Crippen LogP contribution in [0.5, 0.6) is 0 Å². The van der Waals surface area contributed by atoms with E-state index in [1.54, 1.807) is 7.05 Å². The number of hydrogen-bond donors (Lipinski definition) is 3. The maximum atomic E-state index is 11.0. The standard InChI is InChI=1S/C16H29N5O2S.HI/c1-5-21(15-8-6-7-14(2)13-15)12-11-19-16(17-3)18-9-10-20-24(4,22)23;/h6-8,13,20H,5,9-12H2,1-4H3,(H2,17,18,19);1H. The minimum atomic E-state index is -3.15. The summed E-state index contributed by atoms with van der Waals surface area (Å²) in [5.41, 5.74) is 2.45. The number of anilines is 1. The molecule has 0 saturated heterocycles. The van der Waals surface area contributed by atoms with Gasteiger partial charge in [-0.25, -0.2) is 13.1 Å². The Morgan fingerprint density at radius 3 is 2.44 bits per heavy atom. The van der Waals surface area contributed by atoms with Crippen molar-refractivity contribution < 1.29 is 8.42 Å². The summed E-state index contributed by atoms with van der Waals surface area (Å²) >= 11 is 0. The third-order valence-corrected chi connectivity index (χ3v) is 4.16.